The van der Waals surface area contributed by atoms with Crippen molar-refractivity contribution in [2.45, 2.75) is 6.54 Å². The molecule has 6 nitrogen and oxygen atoms in total. The molecule has 4 N–H and O–H groups in total. The van der Waals surface area contributed by atoms with Gasteiger partial charge in [0, 0.05) is 29.8 Å². The lowest BCUT2D eigenvalue weighted by atomic mass is 10.0. The lowest BCUT2D eigenvalue weighted by Crippen LogP contribution is -2.22. The lowest BCUT2D eigenvalue weighted by molar-refractivity contribution is 0.586. The Morgan fingerprint density at radius 2 is 1.92 bits per heavy atom. The van der Waals surface area contributed by atoms with E-state index in [-0.39, 0.29) is 34.3 Å². The van der Waals surface area contributed by atoms with Crippen LogP contribution >= 0.6 is 0 Å². The molecular formula is C15H13F3N4O2S. The summed E-state index contributed by atoms with van der Waals surface area (Å²) >= 11 is 0. The highest BCUT2D eigenvalue weighted by atomic mass is 32.2. The molecule has 3 aromatic rings. The summed E-state index contributed by atoms with van der Waals surface area (Å²) in [4.78, 5) is 6.59. The van der Waals surface area contributed by atoms with Crippen LogP contribution in [0.1, 0.15) is 5.56 Å². The van der Waals surface area contributed by atoms with Gasteiger partial charge in [-0.05, 0) is 17.7 Å². The van der Waals surface area contributed by atoms with Crippen molar-refractivity contribution in [2.75, 3.05) is 12.0 Å². The second-order valence-corrected chi connectivity index (χ2v) is 7.30. The molecule has 0 unspecified atom stereocenters. The summed E-state index contributed by atoms with van der Waals surface area (Å²) in [6, 6.07) is 2.85. The summed E-state index contributed by atoms with van der Waals surface area (Å²) in [7, 11) is -3.55. The van der Waals surface area contributed by atoms with E-state index >= 15 is 0 Å². The van der Waals surface area contributed by atoms with Crippen molar-refractivity contribution in [3.63, 3.8) is 0 Å². The number of halogens is 3. The number of fused-ring (bicyclic) bond motifs is 1. The zero-order chi connectivity index (χ0) is 18.4. The molecule has 132 valence electrons. The van der Waals surface area contributed by atoms with Crippen LogP contribution in [-0.4, -0.2) is 24.6 Å². The number of hydrogen-bond donors (Lipinski definition) is 3. The van der Waals surface area contributed by atoms with Crippen LogP contribution in [0.4, 0.5) is 19.0 Å². The SMILES string of the molecule is CS(=O)(=O)NCc1cc(F)c(N)nc1-c1c[nH]c2c(F)cc(F)cc12. The average Bonchev–Trinajstić information content (AvgIpc) is 2.91. The Bertz CT molecular complexity index is 1080. The highest BCUT2D eigenvalue weighted by Gasteiger charge is 2.18. The van der Waals surface area contributed by atoms with Crippen molar-refractivity contribution < 1.29 is 21.6 Å². The number of rotatable bonds is 4. The van der Waals surface area contributed by atoms with Crippen molar-refractivity contribution in [1.82, 2.24) is 14.7 Å². The number of aromatic amines is 1. The minimum absolute atomic E-state index is 0.0446. The third-order valence-corrected chi connectivity index (χ3v) is 4.24. The first-order valence-corrected chi connectivity index (χ1v) is 8.91. The molecule has 0 atom stereocenters. The molecule has 10 heteroatoms. The third kappa shape index (κ3) is 3.44. The van der Waals surface area contributed by atoms with E-state index in [0.717, 1.165) is 24.5 Å². The van der Waals surface area contributed by atoms with Gasteiger partial charge in [-0.3, -0.25) is 0 Å². The Labute approximate surface area is 140 Å². The van der Waals surface area contributed by atoms with E-state index in [1.807, 2.05) is 0 Å². The van der Waals surface area contributed by atoms with E-state index in [9.17, 15) is 21.6 Å². The van der Waals surface area contributed by atoms with Crippen LogP contribution in [0.5, 0.6) is 0 Å². The molecule has 2 heterocycles. The minimum Gasteiger partial charge on any atom is -0.381 e. The number of nitrogens with one attached hydrogen (secondary N) is 2. The fraction of sp³-hybridized carbons (Fsp3) is 0.133. The number of pyridine rings is 1. The summed E-state index contributed by atoms with van der Waals surface area (Å²) in [5.41, 5.74) is 6.10. The van der Waals surface area contributed by atoms with E-state index in [1.54, 1.807) is 0 Å². The fourth-order valence-corrected chi connectivity index (χ4v) is 2.89. The number of H-pyrrole nitrogens is 1. The van der Waals surface area contributed by atoms with Gasteiger partial charge in [0.25, 0.3) is 0 Å². The molecular weight excluding hydrogens is 357 g/mol. The second-order valence-electron chi connectivity index (χ2n) is 5.47. The Morgan fingerprint density at radius 3 is 2.60 bits per heavy atom. The smallest absolute Gasteiger partial charge is 0.209 e. The number of benzene rings is 1. The maximum absolute atomic E-state index is 13.9. The predicted octanol–water partition coefficient (Wildman–Crippen LogP) is 2.28. The fourth-order valence-electron chi connectivity index (χ4n) is 2.47. The van der Waals surface area contributed by atoms with E-state index in [1.165, 1.54) is 6.20 Å². The van der Waals surface area contributed by atoms with Gasteiger partial charge in [0.2, 0.25) is 10.0 Å². The van der Waals surface area contributed by atoms with E-state index in [0.29, 0.717) is 0 Å². The number of nitrogens with zero attached hydrogens (tertiary/aromatic N) is 1. The first-order chi connectivity index (χ1) is 11.7. The first-order valence-electron chi connectivity index (χ1n) is 7.02. The zero-order valence-electron chi connectivity index (χ0n) is 12.9. The van der Waals surface area contributed by atoms with E-state index < -0.39 is 33.3 Å². The van der Waals surface area contributed by atoms with Gasteiger partial charge >= 0.3 is 0 Å². The molecule has 25 heavy (non-hydrogen) atoms. The van der Waals surface area contributed by atoms with Crippen molar-refractivity contribution in [3.05, 3.63) is 47.4 Å². The van der Waals surface area contributed by atoms with E-state index in [2.05, 4.69) is 14.7 Å². The summed E-state index contributed by atoms with van der Waals surface area (Å²) in [6.45, 7) is -0.261. The molecule has 3 rings (SSSR count). The molecule has 0 aliphatic rings. The Kier molecular flexibility index (Phi) is 4.17. The van der Waals surface area contributed by atoms with Crippen LogP contribution in [0.2, 0.25) is 0 Å². The number of hydrogen-bond acceptors (Lipinski definition) is 4. The molecule has 0 saturated heterocycles. The lowest BCUT2D eigenvalue weighted by Gasteiger charge is -2.10. The predicted molar refractivity (Wildman–Crippen MR) is 87.5 cm³/mol. The Balaban J connectivity index is 2.21. The van der Waals surface area contributed by atoms with Crippen LogP contribution in [0, 0.1) is 17.5 Å². The van der Waals surface area contributed by atoms with Crippen LogP contribution < -0.4 is 10.5 Å². The summed E-state index contributed by atoms with van der Waals surface area (Å²) in [6.07, 6.45) is 2.32. The van der Waals surface area contributed by atoms with Crippen LogP contribution in [0.25, 0.3) is 22.2 Å². The van der Waals surface area contributed by atoms with Crippen molar-refractivity contribution in [2.24, 2.45) is 0 Å². The van der Waals surface area contributed by atoms with Gasteiger partial charge in [0.05, 0.1) is 17.5 Å². The van der Waals surface area contributed by atoms with Gasteiger partial charge in [-0.1, -0.05) is 0 Å². The molecule has 0 bridgehead atoms. The molecule has 0 aliphatic carbocycles. The third-order valence-electron chi connectivity index (χ3n) is 3.57. The van der Waals surface area contributed by atoms with Crippen LogP contribution in [-0.2, 0) is 16.6 Å². The summed E-state index contributed by atoms with van der Waals surface area (Å²) in [5, 5.41) is 0.177. The largest absolute Gasteiger partial charge is 0.381 e. The van der Waals surface area contributed by atoms with Gasteiger partial charge in [-0.25, -0.2) is 31.3 Å². The van der Waals surface area contributed by atoms with Crippen LogP contribution in [0.15, 0.2) is 24.4 Å². The quantitative estimate of drug-likeness (QED) is 0.656. The van der Waals surface area contributed by atoms with Gasteiger partial charge in [0.15, 0.2) is 11.6 Å². The number of anilines is 1. The molecule has 0 radical (unpaired) electrons. The van der Waals surface area contributed by atoms with Gasteiger partial charge < -0.3 is 10.7 Å². The van der Waals surface area contributed by atoms with Crippen LogP contribution in [0.3, 0.4) is 0 Å². The highest BCUT2D eigenvalue weighted by Crippen LogP contribution is 2.32. The standard InChI is InChI=1S/C15H13F3N4O2S/c1-25(23,24)21-5-7-2-12(18)15(19)22-13(7)10-6-20-14-9(10)3-8(16)4-11(14)17/h2-4,6,20-21H,5H2,1H3,(H2,19,22). The molecule has 0 amide bonds. The Hall–Kier alpha value is -2.59. The molecule has 0 saturated carbocycles. The van der Waals surface area contributed by atoms with Gasteiger partial charge in [-0.15, -0.1) is 0 Å². The molecule has 1 aromatic carbocycles. The summed E-state index contributed by atoms with van der Waals surface area (Å²) in [5.74, 6) is -2.83. The van der Waals surface area contributed by atoms with Gasteiger partial charge in [0.1, 0.15) is 11.6 Å². The first kappa shape index (κ1) is 17.2. The highest BCUT2D eigenvalue weighted by molar-refractivity contribution is 7.88. The number of nitrogens with two attached hydrogens (primary N) is 1. The maximum atomic E-state index is 13.9. The molecule has 0 fully saturated rings. The summed E-state index contributed by atoms with van der Waals surface area (Å²) < 4.78 is 66.0. The number of sulfonamides is 1. The van der Waals surface area contributed by atoms with Gasteiger partial charge in [-0.2, -0.15) is 0 Å². The average molecular weight is 370 g/mol. The van der Waals surface area contributed by atoms with E-state index in [4.69, 9.17) is 5.73 Å². The molecule has 0 aliphatic heterocycles. The topological polar surface area (TPSA) is 101 Å². The van der Waals surface area contributed by atoms with Crippen molar-refractivity contribution in [3.8, 4) is 11.3 Å². The molecule has 0 spiro atoms. The van der Waals surface area contributed by atoms with Crippen molar-refractivity contribution >= 4 is 26.7 Å². The number of nitrogen functional groups attached to an aromatic ring is 1. The monoisotopic (exact) mass is 370 g/mol. The maximum Gasteiger partial charge on any atom is 0.209 e. The zero-order valence-corrected chi connectivity index (χ0v) is 13.7. The second kappa shape index (κ2) is 6.05. The molecule has 2 aromatic heterocycles. The Morgan fingerprint density at radius 1 is 1.20 bits per heavy atom. The number of aromatic nitrogens is 2. The normalized spacial score (nSPS) is 12.0. The van der Waals surface area contributed by atoms with Crippen molar-refractivity contribution in [1.29, 1.82) is 0 Å². The minimum atomic E-state index is -3.55.